The fraction of sp³-hybridized carbons (Fsp3) is 0.176. The first-order valence-corrected chi connectivity index (χ1v) is 9.34. The van der Waals surface area contributed by atoms with Crippen molar-refractivity contribution in [2.75, 3.05) is 4.90 Å². The van der Waals surface area contributed by atoms with E-state index >= 15 is 0 Å². The molecule has 0 aliphatic carbocycles. The van der Waals surface area contributed by atoms with Gasteiger partial charge in [-0.15, -0.1) is 0 Å². The maximum Gasteiger partial charge on any atom is 0.417 e. The Kier molecular flexibility index (Phi) is 6.23. The normalized spacial score (nSPS) is 12.4. The number of anilines is 1. The summed E-state index contributed by atoms with van der Waals surface area (Å²) < 4.78 is 41.2. The number of nitrogens with two attached hydrogens (primary N) is 2. The van der Waals surface area contributed by atoms with Crippen LogP contribution in [0.3, 0.4) is 0 Å². The quantitative estimate of drug-likeness (QED) is 0.563. The monoisotopic (exact) mass is 488 g/mol. The molecule has 0 fully saturated rings. The van der Waals surface area contributed by atoms with Gasteiger partial charge in [-0.05, 0) is 19.1 Å². The second kappa shape index (κ2) is 8.59. The second-order valence-electron chi connectivity index (χ2n) is 6.32. The van der Waals surface area contributed by atoms with Crippen LogP contribution in [0.1, 0.15) is 34.8 Å². The number of halogens is 5. The predicted molar refractivity (Wildman–Crippen MR) is 107 cm³/mol. The van der Waals surface area contributed by atoms with E-state index in [0.29, 0.717) is 6.07 Å². The molecule has 2 heterocycles. The van der Waals surface area contributed by atoms with Gasteiger partial charge in [-0.2, -0.15) is 23.0 Å². The Morgan fingerprint density at radius 1 is 1.06 bits per heavy atom. The summed E-state index contributed by atoms with van der Waals surface area (Å²) in [5.74, 6) is -0.719. The van der Waals surface area contributed by atoms with Crippen LogP contribution >= 0.6 is 23.2 Å². The molecule has 3 rings (SSSR count). The maximum atomic E-state index is 13.3. The van der Waals surface area contributed by atoms with E-state index in [2.05, 4.69) is 20.1 Å². The zero-order valence-corrected chi connectivity index (χ0v) is 17.5. The lowest BCUT2D eigenvalue weighted by Gasteiger charge is -2.28. The van der Waals surface area contributed by atoms with Crippen LogP contribution in [0.4, 0.5) is 23.7 Å². The van der Waals surface area contributed by atoms with Gasteiger partial charge in [0.2, 0.25) is 0 Å². The van der Waals surface area contributed by atoms with Gasteiger partial charge in [0.1, 0.15) is 18.3 Å². The molecule has 0 spiro atoms. The Hall–Kier alpha value is -3.45. The molecule has 10 nitrogen and oxygen atoms in total. The number of benzene rings is 1. The molecule has 0 radical (unpaired) electrons. The highest BCUT2D eigenvalue weighted by Crippen LogP contribution is 2.42. The predicted octanol–water partition coefficient (Wildman–Crippen LogP) is 3.13. The van der Waals surface area contributed by atoms with Crippen molar-refractivity contribution in [3.8, 4) is 5.82 Å². The van der Waals surface area contributed by atoms with Crippen LogP contribution in [0.15, 0.2) is 30.9 Å². The molecule has 0 saturated carbocycles. The number of carbonyl (C=O) groups excluding carboxylic acids is 2. The van der Waals surface area contributed by atoms with Gasteiger partial charge in [0.15, 0.2) is 11.6 Å². The molecule has 15 heteroatoms. The molecular weight excluding hydrogens is 476 g/mol. The lowest BCUT2D eigenvalue weighted by atomic mass is 10.1. The number of carbonyl (C=O) groups is 2. The molecule has 3 aromatic rings. The van der Waals surface area contributed by atoms with E-state index in [1.165, 1.54) is 13.0 Å². The maximum absolute atomic E-state index is 13.3. The molecule has 32 heavy (non-hydrogen) atoms. The van der Waals surface area contributed by atoms with E-state index in [1.54, 1.807) is 0 Å². The van der Waals surface area contributed by atoms with Crippen LogP contribution in [0.2, 0.25) is 10.0 Å². The molecule has 4 N–H and O–H groups in total. The van der Waals surface area contributed by atoms with Crippen LogP contribution in [0.5, 0.6) is 0 Å². The molecular formula is C17H13Cl2F3N8O2. The Balaban J connectivity index is 2.12. The Labute approximate surface area is 188 Å². The average molecular weight is 489 g/mol. The number of hydrogen-bond acceptors (Lipinski definition) is 6. The molecule has 0 bridgehead atoms. The van der Waals surface area contributed by atoms with E-state index < -0.39 is 34.7 Å². The fourth-order valence-corrected chi connectivity index (χ4v) is 3.46. The number of alkyl halides is 3. The van der Waals surface area contributed by atoms with Gasteiger partial charge < -0.3 is 11.5 Å². The van der Waals surface area contributed by atoms with E-state index in [1.807, 2.05) is 0 Å². The highest BCUT2D eigenvalue weighted by atomic mass is 35.5. The second-order valence-corrected chi connectivity index (χ2v) is 7.14. The lowest BCUT2D eigenvalue weighted by molar-refractivity contribution is -0.137. The highest BCUT2D eigenvalue weighted by Gasteiger charge is 2.36. The Morgan fingerprint density at radius 2 is 1.75 bits per heavy atom. The number of primary amides is 2. The average Bonchev–Trinajstić information content (AvgIpc) is 3.18. The van der Waals surface area contributed by atoms with Crippen LogP contribution in [0, 0.1) is 0 Å². The topological polar surface area (TPSA) is 146 Å². The van der Waals surface area contributed by atoms with E-state index in [4.69, 9.17) is 34.7 Å². The van der Waals surface area contributed by atoms with Crippen molar-refractivity contribution in [3.05, 3.63) is 58.0 Å². The summed E-state index contributed by atoms with van der Waals surface area (Å²) in [6.07, 6.45) is -2.64. The van der Waals surface area contributed by atoms with Crippen LogP contribution in [-0.2, 0) is 6.18 Å². The summed E-state index contributed by atoms with van der Waals surface area (Å²) in [5, 5.41) is 3.09. The fourth-order valence-electron chi connectivity index (χ4n) is 2.88. The first kappa shape index (κ1) is 23.2. The van der Waals surface area contributed by atoms with E-state index in [9.17, 15) is 22.8 Å². The number of amides is 3. The van der Waals surface area contributed by atoms with Gasteiger partial charge in [0.05, 0.1) is 27.3 Å². The summed E-state index contributed by atoms with van der Waals surface area (Å²) in [5.41, 5.74) is 9.00. The highest BCUT2D eigenvalue weighted by molar-refractivity contribution is 6.37. The summed E-state index contributed by atoms with van der Waals surface area (Å²) in [4.78, 5) is 36.2. The van der Waals surface area contributed by atoms with E-state index in [-0.39, 0.29) is 28.0 Å². The van der Waals surface area contributed by atoms with Gasteiger partial charge in [0.25, 0.3) is 5.91 Å². The minimum absolute atomic E-state index is 0.0393. The molecule has 3 amide bonds. The molecule has 2 aromatic heterocycles. The summed E-state index contributed by atoms with van der Waals surface area (Å²) >= 11 is 11.8. The van der Waals surface area contributed by atoms with Crippen molar-refractivity contribution < 1.29 is 22.8 Å². The number of aromatic nitrogens is 5. The lowest BCUT2D eigenvalue weighted by Crippen LogP contribution is -2.39. The number of urea groups is 1. The van der Waals surface area contributed by atoms with Gasteiger partial charge in [-0.25, -0.2) is 19.7 Å². The van der Waals surface area contributed by atoms with Gasteiger partial charge in [0, 0.05) is 6.07 Å². The van der Waals surface area contributed by atoms with Gasteiger partial charge in [-0.3, -0.25) is 9.69 Å². The van der Waals surface area contributed by atoms with Crippen molar-refractivity contribution in [2.45, 2.75) is 19.1 Å². The molecule has 0 aliphatic heterocycles. The summed E-state index contributed by atoms with van der Waals surface area (Å²) in [7, 11) is 0. The van der Waals surface area contributed by atoms with E-state index in [0.717, 1.165) is 28.3 Å². The zero-order valence-electron chi connectivity index (χ0n) is 16.0. The number of hydrogen-bond donors (Lipinski definition) is 2. The summed E-state index contributed by atoms with van der Waals surface area (Å²) in [6.45, 7) is 1.43. The molecule has 0 unspecified atom stereocenters. The molecule has 0 saturated heterocycles. The van der Waals surface area contributed by atoms with Crippen molar-refractivity contribution in [1.82, 2.24) is 24.7 Å². The van der Waals surface area contributed by atoms with Crippen molar-refractivity contribution in [2.24, 2.45) is 11.5 Å². The Morgan fingerprint density at radius 3 is 2.34 bits per heavy atom. The Bertz CT molecular complexity index is 1200. The standard InChI is InChI=1S/C17H13Cl2F3N8O2/c1-7(15-27-6-28-30(15)13-4-11(14(23)31)25-5-26-13)29(16(24)32)12-2-8(17(20,21)22)9(18)3-10(12)19/h2-7H,1H3,(H2,23,31)(H2,24,32)/t7-/m0/s1. The molecule has 1 aromatic carbocycles. The third kappa shape index (κ3) is 4.43. The SMILES string of the molecule is C[C@@H](c1ncnn1-c1cc(C(N)=O)ncn1)N(C(N)=O)c1cc(C(F)(F)F)c(Cl)cc1Cl. The zero-order chi connectivity index (χ0) is 23.8. The van der Waals surface area contributed by atoms with Crippen molar-refractivity contribution in [1.29, 1.82) is 0 Å². The van der Waals surface area contributed by atoms with Crippen LogP contribution < -0.4 is 16.4 Å². The smallest absolute Gasteiger partial charge is 0.364 e. The van der Waals surface area contributed by atoms with Crippen molar-refractivity contribution >= 4 is 40.8 Å². The number of rotatable bonds is 5. The number of nitrogens with zero attached hydrogens (tertiary/aromatic N) is 6. The molecule has 168 valence electrons. The third-order valence-corrected chi connectivity index (χ3v) is 4.91. The van der Waals surface area contributed by atoms with Crippen LogP contribution in [0.25, 0.3) is 5.82 Å². The van der Waals surface area contributed by atoms with Gasteiger partial charge >= 0.3 is 12.2 Å². The largest absolute Gasteiger partial charge is 0.417 e. The minimum atomic E-state index is -4.81. The molecule has 0 aliphatic rings. The first-order valence-electron chi connectivity index (χ1n) is 8.58. The first-order chi connectivity index (χ1) is 14.9. The minimum Gasteiger partial charge on any atom is -0.364 e. The molecule has 1 atom stereocenters. The summed E-state index contributed by atoms with van der Waals surface area (Å²) in [6, 6.07) is 0.492. The van der Waals surface area contributed by atoms with Gasteiger partial charge in [-0.1, -0.05) is 23.2 Å². The third-order valence-electron chi connectivity index (χ3n) is 4.30. The van der Waals surface area contributed by atoms with Crippen LogP contribution in [-0.4, -0.2) is 36.7 Å². The van der Waals surface area contributed by atoms with Crippen molar-refractivity contribution in [3.63, 3.8) is 0 Å².